The van der Waals surface area contributed by atoms with E-state index in [1.807, 2.05) is 31.2 Å². The van der Waals surface area contributed by atoms with Crippen LogP contribution in [0.2, 0.25) is 0 Å². The van der Waals surface area contributed by atoms with Crippen LogP contribution in [0.4, 0.5) is 0 Å². The molecule has 0 aliphatic heterocycles. The Labute approximate surface area is 153 Å². The number of carbonyl (C=O) groups excluding carboxylic acids is 2. The van der Waals surface area contributed by atoms with Crippen molar-refractivity contribution in [2.24, 2.45) is 0 Å². The molecule has 0 fully saturated rings. The first-order valence-electron chi connectivity index (χ1n) is 8.35. The highest BCUT2D eigenvalue weighted by Crippen LogP contribution is 2.22. The molecule has 0 saturated heterocycles. The third-order valence-electron chi connectivity index (χ3n) is 3.86. The molecule has 0 saturated carbocycles. The average molecular weight is 356 g/mol. The summed E-state index contributed by atoms with van der Waals surface area (Å²) in [5, 5.41) is 5.57. The lowest BCUT2D eigenvalue weighted by molar-refractivity contribution is -0.121. The number of amides is 2. The Bertz CT molecular complexity index is 735. The molecule has 138 valence electrons. The van der Waals surface area contributed by atoms with Crippen LogP contribution in [0.15, 0.2) is 42.5 Å². The summed E-state index contributed by atoms with van der Waals surface area (Å²) < 4.78 is 10.3. The largest absolute Gasteiger partial charge is 0.497 e. The van der Waals surface area contributed by atoms with Gasteiger partial charge in [0.25, 0.3) is 5.91 Å². The maximum absolute atomic E-state index is 12.2. The van der Waals surface area contributed by atoms with Crippen LogP contribution in [0.3, 0.4) is 0 Å². The number of benzene rings is 2. The molecule has 0 spiro atoms. The maximum atomic E-state index is 12.2. The minimum Gasteiger partial charge on any atom is -0.497 e. The summed E-state index contributed by atoms with van der Waals surface area (Å²) in [7, 11) is 3.05. The number of methoxy groups -OCH3 is 2. The van der Waals surface area contributed by atoms with Gasteiger partial charge in [0, 0.05) is 31.1 Å². The van der Waals surface area contributed by atoms with Crippen LogP contribution in [0.25, 0.3) is 0 Å². The van der Waals surface area contributed by atoms with Crippen LogP contribution in [0.5, 0.6) is 11.5 Å². The molecule has 0 atom stereocenters. The minimum atomic E-state index is -0.284. The lowest BCUT2D eigenvalue weighted by Crippen LogP contribution is -2.30. The lowest BCUT2D eigenvalue weighted by Gasteiger charge is -2.09. The molecule has 0 bridgehead atoms. The highest BCUT2D eigenvalue weighted by atomic mass is 16.5. The minimum absolute atomic E-state index is 0.117. The van der Waals surface area contributed by atoms with E-state index < -0.39 is 0 Å². The number of ether oxygens (including phenoxy) is 2. The summed E-state index contributed by atoms with van der Waals surface area (Å²) in [6.07, 6.45) is 0.207. The van der Waals surface area contributed by atoms with Gasteiger partial charge >= 0.3 is 0 Å². The van der Waals surface area contributed by atoms with Gasteiger partial charge in [0.2, 0.25) is 5.91 Å². The molecule has 2 aromatic rings. The zero-order valence-electron chi connectivity index (χ0n) is 15.3. The summed E-state index contributed by atoms with van der Waals surface area (Å²) in [5.74, 6) is 0.665. The quantitative estimate of drug-likeness (QED) is 0.762. The second-order valence-corrected chi connectivity index (χ2v) is 5.87. The second kappa shape index (κ2) is 9.46. The Morgan fingerprint density at radius 2 is 1.54 bits per heavy atom. The number of nitrogens with one attached hydrogen (secondary N) is 2. The molecule has 0 radical (unpaired) electrons. The molecular weight excluding hydrogens is 332 g/mol. The van der Waals surface area contributed by atoms with E-state index in [2.05, 4.69) is 10.6 Å². The number of aryl methyl sites for hydroxylation is 1. The fraction of sp³-hybridized carbons (Fsp3) is 0.300. The molecule has 0 unspecified atom stereocenters. The summed E-state index contributed by atoms with van der Waals surface area (Å²) >= 11 is 0. The van der Waals surface area contributed by atoms with Gasteiger partial charge in [-0.3, -0.25) is 9.59 Å². The van der Waals surface area contributed by atoms with Crippen LogP contribution in [-0.4, -0.2) is 32.6 Å². The van der Waals surface area contributed by atoms with Gasteiger partial charge in [-0.1, -0.05) is 29.8 Å². The fourth-order valence-corrected chi connectivity index (χ4v) is 2.33. The van der Waals surface area contributed by atoms with Gasteiger partial charge < -0.3 is 20.1 Å². The van der Waals surface area contributed by atoms with E-state index in [1.54, 1.807) is 18.2 Å². The first kappa shape index (κ1) is 19.3. The van der Waals surface area contributed by atoms with Crippen molar-refractivity contribution in [3.63, 3.8) is 0 Å². The molecule has 0 aromatic heterocycles. The molecule has 2 rings (SSSR count). The zero-order valence-corrected chi connectivity index (χ0v) is 15.3. The molecule has 0 heterocycles. The Morgan fingerprint density at radius 1 is 0.923 bits per heavy atom. The van der Waals surface area contributed by atoms with Crippen molar-refractivity contribution in [2.45, 2.75) is 19.9 Å². The van der Waals surface area contributed by atoms with Gasteiger partial charge in [-0.2, -0.15) is 0 Å². The monoisotopic (exact) mass is 356 g/mol. The Hall–Kier alpha value is -3.02. The maximum Gasteiger partial charge on any atom is 0.251 e. The van der Waals surface area contributed by atoms with E-state index in [4.69, 9.17) is 9.47 Å². The smallest absolute Gasteiger partial charge is 0.251 e. The van der Waals surface area contributed by atoms with E-state index in [0.29, 0.717) is 23.6 Å². The topological polar surface area (TPSA) is 76.7 Å². The van der Waals surface area contributed by atoms with Crippen molar-refractivity contribution >= 4 is 11.8 Å². The van der Waals surface area contributed by atoms with Crippen LogP contribution in [0, 0.1) is 6.92 Å². The number of carbonyl (C=O) groups is 2. The first-order chi connectivity index (χ1) is 12.5. The highest BCUT2D eigenvalue weighted by molar-refractivity contribution is 5.95. The zero-order chi connectivity index (χ0) is 18.9. The van der Waals surface area contributed by atoms with Crippen molar-refractivity contribution in [3.05, 3.63) is 59.2 Å². The van der Waals surface area contributed by atoms with Gasteiger partial charge in [0.15, 0.2) is 0 Å². The van der Waals surface area contributed by atoms with Gasteiger partial charge in [0.05, 0.1) is 14.2 Å². The van der Waals surface area contributed by atoms with Crippen molar-refractivity contribution in [2.75, 3.05) is 20.8 Å². The van der Waals surface area contributed by atoms with Gasteiger partial charge in [-0.25, -0.2) is 0 Å². The summed E-state index contributed by atoms with van der Waals surface area (Å²) in [6, 6.07) is 12.9. The van der Waals surface area contributed by atoms with Crippen molar-refractivity contribution in [1.82, 2.24) is 10.6 Å². The van der Waals surface area contributed by atoms with E-state index >= 15 is 0 Å². The fourth-order valence-electron chi connectivity index (χ4n) is 2.33. The number of rotatable bonds is 8. The predicted octanol–water partition coefficient (Wildman–Crippen LogP) is 2.45. The average Bonchev–Trinajstić information content (AvgIpc) is 2.66. The summed E-state index contributed by atoms with van der Waals surface area (Å²) in [4.78, 5) is 24.1. The Morgan fingerprint density at radius 3 is 2.12 bits per heavy atom. The molecule has 2 amide bonds. The molecule has 0 aliphatic carbocycles. The van der Waals surface area contributed by atoms with Gasteiger partial charge in [-0.15, -0.1) is 0 Å². The van der Waals surface area contributed by atoms with Crippen molar-refractivity contribution in [1.29, 1.82) is 0 Å². The summed E-state index contributed by atoms with van der Waals surface area (Å²) in [5.41, 5.74) is 2.63. The van der Waals surface area contributed by atoms with Crippen molar-refractivity contribution in [3.8, 4) is 11.5 Å². The normalized spacial score (nSPS) is 10.1. The van der Waals surface area contributed by atoms with E-state index in [9.17, 15) is 9.59 Å². The van der Waals surface area contributed by atoms with Crippen LogP contribution in [0.1, 0.15) is 27.9 Å². The highest BCUT2D eigenvalue weighted by Gasteiger charge is 2.10. The molecular formula is C20H24N2O4. The van der Waals surface area contributed by atoms with Crippen molar-refractivity contribution < 1.29 is 19.1 Å². The molecule has 2 N–H and O–H groups in total. The number of hydrogen-bond donors (Lipinski definition) is 2. The molecule has 2 aromatic carbocycles. The van der Waals surface area contributed by atoms with Crippen LogP contribution >= 0.6 is 0 Å². The van der Waals surface area contributed by atoms with E-state index in [-0.39, 0.29) is 24.8 Å². The van der Waals surface area contributed by atoms with E-state index in [0.717, 1.165) is 5.56 Å². The van der Waals surface area contributed by atoms with Gasteiger partial charge in [0.1, 0.15) is 11.5 Å². The molecule has 26 heavy (non-hydrogen) atoms. The second-order valence-electron chi connectivity index (χ2n) is 5.87. The Balaban J connectivity index is 1.78. The molecule has 6 heteroatoms. The third kappa shape index (κ3) is 5.81. The van der Waals surface area contributed by atoms with Crippen LogP contribution in [-0.2, 0) is 11.3 Å². The van der Waals surface area contributed by atoms with Crippen LogP contribution < -0.4 is 20.1 Å². The third-order valence-corrected chi connectivity index (χ3v) is 3.86. The van der Waals surface area contributed by atoms with E-state index in [1.165, 1.54) is 19.8 Å². The van der Waals surface area contributed by atoms with Gasteiger partial charge in [-0.05, 0) is 24.6 Å². The SMILES string of the molecule is COc1cc(OC)cc(C(=O)NCCC(=O)NCc2ccc(C)cc2)c1. The molecule has 0 aliphatic rings. The first-order valence-corrected chi connectivity index (χ1v) is 8.35. The standard InChI is InChI=1S/C20H24N2O4/c1-14-4-6-15(7-5-14)13-22-19(23)8-9-21-20(24)16-10-17(25-2)12-18(11-16)26-3/h4-7,10-12H,8-9,13H2,1-3H3,(H,21,24)(H,22,23). The number of hydrogen-bond acceptors (Lipinski definition) is 4. The predicted molar refractivity (Wildman–Crippen MR) is 99.5 cm³/mol. The Kier molecular flexibility index (Phi) is 7.02. The summed E-state index contributed by atoms with van der Waals surface area (Å²) in [6.45, 7) is 2.74. The lowest BCUT2D eigenvalue weighted by atomic mass is 10.1. The molecule has 6 nitrogen and oxygen atoms in total.